The zero-order valence-electron chi connectivity index (χ0n) is 15.3. The van der Waals surface area contributed by atoms with E-state index in [0.717, 1.165) is 25.8 Å². The van der Waals surface area contributed by atoms with E-state index in [2.05, 4.69) is 53.1 Å². The number of hydrogen-bond donors (Lipinski definition) is 1. The predicted octanol–water partition coefficient (Wildman–Crippen LogP) is 6.82. The number of rotatable bonds is 2. The number of allylic oxidation sites excluding steroid dienone is 1. The van der Waals surface area contributed by atoms with Crippen molar-refractivity contribution in [2.24, 2.45) is 0 Å². The maximum Gasteiger partial charge on any atom is 0.640 e. The summed E-state index contributed by atoms with van der Waals surface area (Å²) in [6.45, 7) is -4.17. The van der Waals surface area contributed by atoms with E-state index in [-0.39, 0.29) is 0 Å². The van der Waals surface area contributed by atoms with E-state index in [0.29, 0.717) is 30.8 Å². The predicted molar refractivity (Wildman–Crippen MR) is 128 cm³/mol. The van der Waals surface area contributed by atoms with Gasteiger partial charge in [0.25, 0.3) is 5.84 Å². The minimum Gasteiger partial charge on any atom is -0.414 e. The quantitative estimate of drug-likeness (QED) is 0.322. The Morgan fingerprint density at radius 3 is 2.20 bits per heavy atom. The molecule has 0 spiro atoms. The van der Waals surface area contributed by atoms with E-state index < -0.39 is 6.97 Å². The maximum atomic E-state index is 16.0. The van der Waals surface area contributed by atoms with E-state index in [1.54, 1.807) is 12.1 Å². The van der Waals surface area contributed by atoms with Gasteiger partial charge in [0, 0.05) is 21.8 Å². The highest BCUT2D eigenvalue weighted by atomic mass is 79.9. The lowest BCUT2D eigenvalue weighted by Gasteiger charge is -2.36. The zero-order valence-corrected chi connectivity index (χ0v) is 20.0. The molecule has 0 atom stereocenters. The number of aromatic nitrogens is 1. The summed E-state index contributed by atoms with van der Waals surface area (Å²) in [7, 11) is 0. The number of anilines is 1. The van der Waals surface area contributed by atoms with Crippen molar-refractivity contribution < 1.29 is 13.1 Å². The molecule has 9 heteroatoms. The summed E-state index contributed by atoms with van der Waals surface area (Å²) in [6.07, 6.45) is 1.75. The minimum atomic E-state index is -4.17. The normalized spacial score (nSPS) is 17.0. The van der Waals surface area contributed by atoms with Crippen molar-refractivity contribution in [3.05, 3.63) is 103 Å². The number of halogens is 5. The number of nitrogens with one attached hydrogen (secondary N) is 1. The zero-order chi connectivity index (χ0) is 21.0. The summed E-state index contributed by atoms with van der Waals surface area (Å²) >= 11 is 10.3. The summed E-state index contributed by atoms with van der Waals surface area (Å²) in [5.74, 6) is 0.303. The Kier molecular flexibility index (Phi) is 4.87. The first-order valence-electron chi connectivity index (χ1n) is 9.14. The molecule has 1 N–H and O–H groups in total. The molecule has 3 heterocycles. The third kappa shape index (κ3) is 2.98. The fourth-order valence-corrected chi connectivity index (χ4v) is 5.37. The minimum absolute atomic E-state index is 0.303. The highest BCUT2D eigenvalue weighted by Gasteiger charge is 2.51. The lowest BCUT2D eigenvalue weighted by Crippen LogP contribution is -2.52. The first kappa shape index (κ1) is 20.0. The summed E-state index contributed by atoms with van der Waals surface area (Å²) in [4.78, 5) is 0. The first-order valence-corrected chi connectivity index (χ1v) is 11.5. The third-order valence-electron chi connectivity index (χ3n) is 5.15. The molecule has 0 saturated carbocycles. The van der Waals surface area contributed by atoms with Crippen LogP contribution in [0.15, 0.2) is 92.1 Å². The topological polar surface area (TPSA) is 20.0 Å². The lowest BCUT2D eigenvalue weighted by atomic mass is 9.86. The van der Waals surface area contributed by atoms with Crippen LogP contribution in [0, 0.1) is 0 Å². The van der Waals surface area contributed by atoms with E-state index in [1.807, 2.05) is 60.7 Å². The van der Waals surface area contributed by atoms with Gasteiger partial charge in [0.15, 0.2) is 0 Å². The molecule has 30 heavy (non-hydrogen) atoms. The Labute approximate surface area is 197 Å². The number of fused-ring (bicyclic) bond motifs is 2. The van der Waals surface area contributed by atoms with Crippen molar-refractivity contribution in [3.8, 4) is 0 Å². The summed E-state index contributed by atoms with van der Waals surface area (Å²) in [5, 5.41) is 3.16. The average molecular weight is 596 g/mol. The first-order chi connectivity index (χ1) is 14.4. The van der Waals surface area contributed by atoms with Crippen LogP contribution in [0.5, 0.6) is 0 Å². The second kappa shape index (κ2) is 7.32. The van der Waals surface area contributed by atoms with Crippen LogP contribution >= 0.6 is 47.8 Å². The lowest BCUT2D eigenvalue weighted by molar-refractivity contribution is -0.361. The molecule has 0 unspecified atom stereocenters. The summed E-state index contributed by atoms with van der Waals surface area (Å²) in [6, 6.07) is 20.6. The molecule has 0 amide bonds. The van der Waals surface area contributed by atoms with Gasteiger partial charge in [-0.1, -0.05) is 48.5 Å². The van der Waals surface area contributed by atoms with Crippen LogP contribution in [0.2, 0.25) is 0 Å². The van der Waals surface area contributed by atoms with Gasteiger partial charge in [0.05, 0.1) is 10.3 Å². The Morgan fingerprint density at radius 2 is 1.53 bits per heavy atom. The Morgan fingerprint density at radius 1 is 0.900 bits per heavy atom. The molecular weight excluding hydrogens is 583 g/mol. The van der Waals surface area contributed by atoms with Crippen LogP contribution in [0.25, 0.3) is 5.57 Å². The van der Waals surface area contributed by atoms with Crippen molar-refractivity contribution in [1.82, 2.24) is 4.48 Å². The Bertz CT molecular complexity index is 1270. The largest absolute Gasteiger partial charge is 0.640 e. The van der Waals surface area contributed by atoms with Crippen molar-refractivity contribution in [2.75, 3.05) is 5.32 Å². The van der Waals surface area contributed by atoms with Gasteiger partial charge in [0.1, 0.15) is 10.2 Å². The molecule has 1 aromatic heterocycles. The number of nitrogens with zero attached hydrogens (tertiary/aromatic N) is 2. The molecule has 3 nitrogen and oxygen atoms in total. The molecule has 3 aromatic rings. The fourth-order valence-electron chi connectivity index (χ4n) is 3.90. The van der Waals surface area contributed by atoms with E-state index in [4.69, 9.17) is 0 Å². The molecule has 5 rings (SSSR count). The smallest absolute Gasteiger partial charge is 0.414 e. The molecular formula is C21H13BBr3F2N3. The number of benzene rings is 2. The molecule has 2 aliphatic rings. The summed E-state index contributed by atoms with van der Waals surface area (Å²) in [5.41, 5.74) is 3.22. The second-order valence-electron chi connectivity index (χ2n) is 6.95. The third-order valence-corrected chi connectivity index (χ3v) is 7.70. The van der Waals surface area contributed by atoms with Crippen LogP contribution in [-0.2, 0) is 0 Å². The fraction of sp³-hybridized carbons (Fsp3) is 0. The van der Waals surface area contributed by atoms with Gasteiger partial charge in [-0.15, -0.1) is 0 Å². The van der Waals surface area contributed by atoms with E-state index >= 15 is 8.63 Å². The van der Waals surface area contributed by atoms with Crippen LogP contribution in [0.3, 0.4) is 0 Å². The maximum absolute atomic E-state index is 16.0. The molecule has 0 bridgehead atoms. The van der Waals surface area contributed by atoms with Gasteiger partial charge in [-0.3, -0.25) is 0 Å². The monoisotopic (exact) mass is 593 g/mol. The molecule has 2 aliphatic heterocycles. The standard InChI is InChI=1S/C21H13BBr3F2N3/c23-15-11-17-19(13-7-3-1-4-8-13)18-12-16(24)21(28-14-9-5-2-6-10-14)30(18)22(26,27)29(17)20(15)25/h1-12,28H. The molecule has 0 radical (unpaired) electrons. The van der Waals surface area contributed by atoms with Gasteiger partial charge in [-0.05, 0) is 71.6 Å². The van der Waals surface area contributed by atoms with Crippen LogP contribution < -0.4 is 5.32 Å². The van der Waals surface area contributed by atoms with Gasteiger partial charge >= 0.3 is 6.97 Å². The highest BCUT2D eigenvalue weighted by Crippen LogP contribution is 2.45. The van der Waals surface area contributed by atoms with Gasteiger partial charge in [0.2, 0.25) is 0 Å². The second-order valence-corrected chi connectivity index (χ2v) is 9.41. The van der Waals surface area contributed by atoms with Crippen molar-refractivity contribution >= 4 is 71.9 Å². The SMILES string of the molecule is F[B-]1(F)n2c(cc(Br)c2Br)C(c2ccccc2)=C2C=C(Br)C(Nc3ccccc3)=[N+]21. The van der Waals surface area contributed by atoms with E-state index in [1.165, 1.54) is 0 Å². The van der Waals surface area contributed by atoms with Crippen molar-refractivity contribution in [2.45, 2.75) is 0 Å². The molecule has 150 valence electrons. The highest BCUT2D eigenvalue weighted by molar-refractivity contribution is 9.13. The summed E-state index contributed by atoms with van der Waals surface area (Å²) < 4.78 is 35.6. The molecule has 0 fully saturated rings. The van der Waals surface area contributed by atoms with E-state index in [9.17, 15) is 0 Å². The van der Waals surface area contributed by atoms with Gasteiger partial charge in [-0.2, -0.15) is 0 Å². The average Bonchev–Trinajstić information content (AvgIpc) is 3.21. The molecule has 2 aromatic carbocycles. The molecule has 0 aliphatic carbocycles. The Balaban J connectivity index is 1.83. The number of para-hydroxylation sites is 1. The number of amidine groups is 1. The van der Waals surface area contributed by atoms with Crippen LogP contribution in [0.4, 0.5) is 14.3 Å². The van der Waals surface area contributed by atoms with Crippen molar-refractivity contribution in [3.63, 3.8) is 0 Å². The van der Waals surface area contributed by atoms with Crippen molar-refractivity contribution in [1.29, 1.82) is 0 Å². The Hall–Kier alpha value is -1.97. The number of hydrogen-bond acceptors (Lipinski definition) is 1. The van der Waals surface area contributed by atoms with Gasteiger partial charge < -0.3 is 17.6 Å². The molecule has 0 saturated heterocycles. The van der Waals surface area contributed by atoms with Gasteiger partial charge in [-0.25, -0.2) is 5.32 Å². The van der Waals surface area contributed by atoms with Crippen LogP contribution in [0.1, 0.15) is 11.3 Å². The van der Waals surface area contributed by atoms with Crippen LogP contribution in [-0.4, -0.2) is 21.8 Å².